The predicted octanol–water partition coefficient (Wildman–Crippen LogP) is 2.73. The van der Waals surface area contributed by atoms with Gasteiger partial charge in [0.2, 0.25) is 5.95 Å². The Morgan fingerprint density at radius 3 is 2.62 bits per heavy atom. The molecule has 0 amide bonds. The van der Waals surface area contributed by atoms with E-state index >= 15 is 0 Å². The van der Waals surface area contributed by atoms with E-state index in [1.165, 1.54) is 0 Å². The molecule has 5 rings (SSSR count). The van der Waals surface area contributed by atoms with Gasteiger partial charge in [0.25, 0.3) is 0 Å². The molecular weight excluding hydrogens is 533 g/mol. The second kappa shape index (κ2) is 11.1. The number of hydrogen-bond acceptors (Lipinski definition) is 10. The van der Waals surface area contributed by atoms with Gasteiger partial charge in [-0.3, -0.25) is 0 Å². The number of benzene rings is 1. The molecule has 0 aliphatic carbocycles. The van der Waals surface area contributed by atoms with Crippen LogP contribution < -0.4 is 15.1 Å². The van der Waals surface area contributed by atoms with Crippen LogP contribution >= 0.6 is 0 Å². The quantitative estimate of drug-likeness (QED) is 0.397. The zero-order chi connectivity index (χ0) is 28.7. The molecule has 2 aliphatic heterocycles. The van der Waals surface area contributed by atoms with Crippen LogP contribution in [0.25, 0.3) is 10.8 Å². The van der Waals surface area contributed by atoms with Gasteiger partial charge < -0.3 is 25.1 Å². The van der Waals surface area contributed by atoms with E-state index in [4.69, 9.17) is 0 Å². The van der Waals surface area contributed by atoms with E-state index in [1.54, 1.807) is 17.2 Å². The van der Waals surface area contributed by atoms with Gasteiger partial charge in [-0.2, -0.15) is 4.98 Å². The first-order valence-corrected chi connectivity index (χ1v) is 15.4. The molecule has 1 aromatic carbocycles. The first-order valence-electron chi connectivity index (χ1n) is 13.6. The van der Waals surface area contributed by atoms with Crippen molar-refractivity contribution in [2.75, 3.05) is 73.4 Å². The second-order valence-electron chi connectivity index (χ2n) is 12.0. The number of rotatable bonds is 9. The number of anilines is 4. The summed E-state index contributed by atoms with van der Waals surface area (Å²) in [5, 5.41) is 15.4. The van der Waals surface area contributed by atoms with E-state index in [0.717, 1.165) is 16.5 Å². The monoisotopic (exact) mass is 571 g/mol. The van der Waals surface area contributed by atoms with Crippen LogP contribution in [0.5, 0.6) is 0 Å². The topological polar surface area (TPSA) is 115 Å². The van der Waals surface area contributed by atoms with Crippen molar-refractivity contribution in [1.29, 1.82) is 0 Å². The number of nitrogens with zero attached hydrogens (tertiary/aromatic N) is 6. The van der Waals surface area contributed by atoms with Gasteiger partial charge in [-0.05, 0) is 37.7 Å². The van der Waals surface area contributed by atoms with Crippen LogP contribution in [0.3, 0.4) is 0 Å². The van der Waals surface area contributed by atoms with Crippen molar-refractivity contribution in [3.05, 3.63) is 42.7 Å². The summed E-state index contributed by atoms with van der Waals surface area (Å²) in [6.07, 6.45) is 1.03. The van der Waals surface area contributed by atoms with Gasteiger partial charge in [-0.25, -0.2) is 22.8 Å². The first-order chi connectivity index (χ1) is 18.9. The van der Waals surface area contributed by atoms with Crippen molar-refractivity contribution in [2.45, 2.75) is 26.1 Å². The number of aliphatic hydroxyl groups excluding tert-OH is 1. The average molecular weight is 572 g/mol. The van der Waals surface area contributed by atoms with Crippen molar-refractivity contribution in [1.82, 2.24) is 19.9 Å². The van der Waals surface area contributed by atoms with Crippen molar-refractivity contribution >= 4 is 43.9 Å². The fourth-order valence-corrected chi connectivity index (χ4v) is 7.18. The third-order valence-corrected chi connectivity index (χ3v) is 9.48. The fraction of sp³-hybridized carbons (Fsp3) is 0.536. The van der Waals surface area contributed by atoms with Gasteiger partial charge in [0.1, 0.15) is 17.8 Å². The molecule has 216 valence electrons. The molecular formula is C28H38FN7O3S. The number of aliphatic hydroxyl groups is 1. The highest BCUT2D eigenvalue weighted by Crippen LogP contribution is 2.34. The van der Waals surface area contributed by atoms with Crippen molar-refractivity contribution in [2.24, 2.45) is 11.3 Å². The molecule has 2 aromatic heterocycles. The SMILES string of the molecule is CN(C)CCS(=O)(=O)CC1CN(c2cccc3cc(Nc4ccnc(N5C[C@@H](F)[C@@H](O)C(C)(C)C5)n4)ncc23)C1. The largest absolute Gasteiger partial charge is 0.389 e. The summed E-state index contributed by atoms with van der Waals surface area (Å²) in [6, 6.07) is 9.73. The van der Waals surface area contributed by atoms with E-state index in [1.807, 2.05) is 63.3 Å². The Morgan fingerprint density at radius 2 is 1.90 bits per heavy atom. The highest BCUT2D eigenvalue weighted by molar-refractivity contribution is 7.91. The third kappa shape index (κ3) is 6.29. The van der Waals surface area contributed by atoms with Crippen LogP contribution in [-0.4, -0.2) is 104 Å². The molecule has 2 aliphatic rings. The summed E-state index contributed by atoms with van der Waals surface area (Å²) < 4.78 is 39.4. The number of piperidine rings is 1. The number of aromatic nitrogens is 3. The van der Waals surface area contributed by atoms with E-state index in [9.17, 15) is 17.9 Å². The highest BCUT2D eigenvalue weighted by atomic mass is 32.2. The molecule has 0 saturated carbocycles. The summed E-state index contributed by atoms with van der Waals surface area (Å²) in [4.78, 5) is 19.4. The number of hydrogen-bond donors (Lipinski definition) is 2. The number of alkyl halides is 1. The molecule has 12 heteroatoms. The number of halogens is 1. The molecule has 2 atom stereocenters. The lowest BCUT2D eigenvalue weighted by atomic mass is 9.80. The minimum atomic E-state index is -3.07. The standard InChI is InChI=1S/C28H38FN7O3S/c1-28(2)18-36(16-22(29)26(28)37)27-30-9-8-24(33-27)32-25-12-20-6-5-7-23(21(20)13-31-25)35-14-19(15-35)17-40(38,39)11-10-34(3)4/h5-9,12-13,19,22,26,37H,10-11,14-18H2,1-4H3,(H,30,31,32,33)/t22-,26-/m1/s1. The summed E-state index contributed by atoms with van der Waals surface area (Å²) in [5.41, 5.74) is 0.414. The molecule has 3 aromatic rings. The number of sulfone groups is 1. The molecule has 0 radical (unpaired) electrons. The zero-order valence-electron chi connectivity index (χ0n) is 23.5. The van der Waals surface area contributed by atoms with Gasteiger partial charge in [0.15, 0.2) is 9.84 Å². The van der Waals surface area contributed by atoms with Crippen LogP contribution in [0.15, 0.2) is 42.7 Å². The Kier molecular flexibility index (Phi) is 7.86. The van der Waals surface area contributed by atoms with E-state index in [-0.39, 0.29) is 24.0 Å². The minimum Gasteiger partial charge on any atom is -0.389 e. The first kappa shape index (κ1) is 28.4. The van der Waals surface area contributed by atoms with Crippen molar-refractivity contribution in [3.63, 3.8) is 0 Å². The summed E-state index contributed by atoms with van der Waals surface area (Å²) >= 11 is 0. The third-order valence-electron chi connectivity index (χ3n) is 7.70. The van der Waals surface area contributed by atoms with Crippen LogP contribution in [0.1, 0.15) is 13.8 Å². The Bertz CT molecular complexity index is 1460. The lowest BCUT2D eigenvalue weighted by molar-refractivity contribution is -0.0257. The molecule has 0 unspecified atom stereocenters. The lowest BCUT2D eigenvalue weighted by Gasteiger charge is -2.43. The highest BCUT2D eigenvalue weighted by Gasteiger charge is 2.42. The molecule has 4 heterocycles. The lowest BCUT2D eigenvalue weighted by Crippen LogP contribution is -2.55. The Morgan fingerprint density at radius 1 is 1.12 bits per heavy atom. The van der Waals surface area contributed by atoms with Gasteiger partial charge >= 0.3 is 0 Å². The van der Waals surface area contributed by atoms with E-state index < -0.39 is 27.5 Å². The summed E-state index contributed by atoms with van der Waals surface area (Å²) in [5.74, 6) is 2.08. The van der Waals surface area contributed by atoms with Crippen molar-refractivity contribution < 1.29 is 17.9 Å². The molecule has 10 nitrogen and oxygen atoms in total. The Balaban J connectivity index is 1.26. The smallest absolute Gasteiger partial charge is 0.227 e. The van der Waals surface area contributed by atoms with Crippen LogP contribution in [-0.2, 0) is 9.84 Å². The molecule has 2 saturated heterocycles. The van der Waals surface area contributed by atoms with Crippen LogP contribution in [0.4, 0.5) is 27.7 Å². The van der Waals surface area contributed by atoms with E-state index in [2.05, 4.69) is 25.2 Å². The predicted molar refractivity (Wildman–Crippen MR) is 157 cm³/mol. The van der Waals surface area contributed by atoms with Gasteiger partial charge in [0.05, 0.1) is 24.2 Å². The maximum atomic E-state index is 14.5. The molecule has 40 heavy (non-hydrogen) atoms. The Hall–Kier alpha value is -3.09. The molecule has 0 spiro atoms. The normalized spacial score (nSPS) is 21.6. The van der Waals surface area contributed by atoms with Gasteiger partial charge in [0, 0.05) is 61.0 Å². The summed E-state index contributed by atoms with van der Waals surface area (Å²) in [6.45, 7) is 6.08. The van der Waals surface area contributed by atoms with Crippen molar-refractivity contribution in [3.8, 4) is 0 Å². The second-order valence-corrected chi connectivity index (χ2v) is 14.2. The molecule has 2 fully saturated rings. The van der Waals surface area contributed by atoms with Crippen LogP contribution in [0, 0.1) is 11.3 Å². The zero-order valence-corrected chi connectivity index (χ0v) is 24.3. The van der Waals surface area contributed by atoms with Crippen LogP contribution in [0.2, 0.25) is 0 Å². The molecule has 0 bridgehead atoms. The number of pyridine rings is 1. The minimum absolute atomic E-state index is 0.0322. The van der Waals surface area contributed by atoms with Gasteiger partial charge in [-0.1, -0.05) is 26.0 Å². The number of fused-ring (bicyclic) bond motifs is 1. The molecule has 2 N–H and O–H groups in total. The fourth-order valence-electron chi connectivity index (χ4n) is 5.44. The Labute approximate surface area is 235 Å². The maximum Gasteiger partial charge on any atom is 0.227 e. The maximum absolute atomic E-state index is 14.5. The number of nitrogens with one attached hydrogen (secondary N) is 1. The van der Waals surface area contributed by atoms with Gasteiger partial charge in [-0.15, -0.1) is 0 Å². The average Bonchev–Trinajstić information content (AvgIpc) is 2.87. The summed E-state index contributed by atoms with van der Waals surface area (Å²) in [7, 11) is 0.688. The van der Waals surface area contributed by atoms with E-state index in [0.29, 0.717) is 43.8 Å².